The van der Waals surface area contributed by atoms with Gasteiger partial charge in [-0.05, 0) is 32.1 Å². The monoisotopic (exact) mass is 256 g/mol. The molecular formula is C13H24N2O3. The van der Waals surface area contributed by atoms with E-state index in [1.165, 1.54) is 6.42 Å². The minimum absolute atomic E-state index is 0.0453. The van der Waals surface area contributed by atoms with Crippen LogP contribution in [0.5, 0.6) is 0 Å². The molecule has 2 amide bonds. The Balaban J connectivity index is 1.47. The molecule has 1 aliphatic carbocycles. The van der Waals surface area contributed by atoms with Gasteiger partial charge < -0.3 is 19.7 Å². The van der Waals surface area contributed by atoms with Crippen molar-refractivity contribution in [3.8, 4) is 0 Å². The normalized spacial score (nSPS) is 23.7. The van der Waals surface area contributed by atoms with E-state index < -0.39 is 0 Å². The molecule has 0 spiro atoms. The van der Waals surface area contributed by atoms with Crippen LogP contribution in [0.25, 0.3) is 0 Å². The first-order valence-corrected chi connectivity index (χ1v) is 6.97. The van der Waals surface area contributed by atoms with Crippen molar-refractivity contribution >= 4 is 6.03 Å². The maximum atomic E-state index is 11.8. The smallest absolute Gasteiger partial charge is 0.317 e. The van der Waals surface area contributed by atoms with Crippen molar-refractivity contribution < 1.29 is 14.3 Å². The molecule has 1 atom stereocenters. The van der Waals surface area contributed by atoms with Gasteiger partial charge >= 0.3 is 6.03 Å². The third kappa shape index (κ3) is 3.85. The van der Waals surface area contributed by atoms with E-state index in [2.05, 4.69) is 5.32 Å². The highest BCUT2D eigenvalue weighted by molar-refractivity contribution is 5.74. The average Bonchev–Trinajstić information content (AvgIpc) is 2.79. The summed E-state index contributed by atoms with van der Waals surface area (Å²) in [7, 11) is 1.88. The SMILES string of the molecule is CN(C(=O)NCCCOC1CCOC1)C1CCC1. The Hall–Kier alpha value is -0.810. The Labute approximate surface area is 109 Å². The van der Waals surface area contributed by atoms with Crippen LogP contribution < -0.4 is 5.32 Å². The van der Waals surface area contributed by atoms with E-state index in [1.54, 1.807) is 0 Å². The van der Waals surface area contributed by atoms with Crippen LogP contribution in [-0.2, 0) is 9.47 Å². The minimum Gasteiger partial charge on any atom is -0.379 e. The number of carbonyl (C=O) groups is 1. The van der Waals surface area contributed by atoms with E-state index in [4.69, 9.17) is 9.47 Å². The molecule has 2 aliphatic rings. The number of urea groups is 1. The highest BCUT2D eigenvalue weighted by Crippen LogP contribution is 2.23. The molecule has 1 saturated carbocycles. The lowest BCUT2D eigenvalue weighted by atomic mass is 9.92. The third-order valence-corrected chi connectivity index (χ3v) is 3.78. The highest BCUT2D eigenvalue weighted by atomic mass is 16.5. The molecule has 0 radical (unpaired) electrons. The standard InChI is InChI=1S/C13H24N2O3/c1-15(11-4-2-5-11)13(16)14-7-3-8-18-12-6-9-17-10-12/h11-12H,2-10H2,1H3,(H,14,16). The van der Waals surface area contributed by atoms with Gasteiger partial charge in [0.15, 0.2) is 0 Å². The van der Waals surface area contributed by atoms with Crippen molar-refractivity contribution in [2.45, 2.75) is 44.2 Å². The van der Waals surface area contributed by atoms with E-state index >= 15 is 0 Å². The van der Waals surface area contributed by atoms with Crippen molar-refractivity contribution in [2.75, 3.05) is 33.4 Å². The van der Waals surface area contributed by atoms with Gasteiger partial charge in [-0.15, -0.1) is 0 Å². The van der Waals surface area contributed by atoms with Crippen LogP contribution in [0.1, 0.15) is 32.1 Å². The zero-order valence-electron chi connectivity index (χ0n) is 11.2. The number of ether oxygens (including phenoxy) is 2. The number of carbonyl (C=O) groups excluding carboxylic acids is 1. The van der Waals surface area contributed by atoms with Crippen LogP contribution >= 0.6 is 0 Å². The zero-order chi connectivity index (χ0) is 12.8. The van der Waals surface area contributed by atoms with E-state index in [0.29, 0.717) is 19.2 Å². The van der Waals surface area contributed by atoms with Gasteiger partial charge in [0.05, 0.1) is 12.7 Å². The van der Waals surface area contributed by atoms with Crippen LogP contribution in [0.2, 0.25) is 0 Å². The van der Waals surface area contributed by atoms with Gasteiger partial charge in [0.1, 0.15) is 0 Å². The molecule has 1 unspecified atom stereocenters. The van der Waals surface area contributed by atoms with Gasteiger partial charge in [-0.2, -0.15) is 0 Å². The fraction of sp³-hybridized carbons (Fsp3) is 0.923. The molecule has 0 aromatic rings. The molecule has 5 heteroatoms. The fourth-order valence-electron chi connectivity index (χ4n) is 2.23. The lowest BCUT2D eigenvalue weighted by Gasteiger charge is -2.34. The molecule has 1 heterocycles. The predicted octanol–water partition coefficient (Wildman–Crippen LogP) is 1.38. The summed E-state index contributed by atoms with van der Waals surface area (Å²) in [5.74, 6) is 0. The molecule has 2 rings (SSSR count). The van der Waals surface area contributed by atoms with Crippen LogP contribution in [0.15, 0.2) is 0 Å². The zero-order valence-corrected chi connectivity index (χ0v) is 11.2. The molecule has 1 aliphatic heterocycles. The molecule has 0 bridgehead atoms. The largest absolute Gasteiger partial charge is 0.379 e. The molecule has 104 valence electrons. The topological polar surface area (TPSA) is 50.8 Å². The molecule has 5 nitrogen and oxygen atoms in total. The minimum atomic E-state index is 0.0453. The second-order valence-corrected chi connectivity index (χ2v) is 5.14. The van der Waals surface area contributed by atoms with Gasteiger partial charge in [0.2, 0.25) is 0 Å². The molecule has 0 aromatic carbocycles. The van der Waals surface area contributed by atoms with Crippen LogP contribution in [0.4, 0.5) is 4.79 Å². The number of nitrogens with one attached hydrogen (secondary N) is 1. The molecular weight excluding hydrogens is 232 g/mol. The summed E-state index contributed by atoms with van der Waals surface area (Å²) in [5, 5.41) is 2.93. The van der Waals surface area contributed by atoms with E-state index in [-0.39, 0.29) is 12.1 Å². The Bertz CT molecular complexity index is 263. The Kier molecular flexibility index (Phi) is 5.26. The van der Waals surface area contributed by atoms with Crippen LogP contribution in [0.3, 0.4) is 0 Å². The molecule has 0 aromatic heterocycles. The van der Waals surface area contributed by atoms with Crippen molar-refractivity contribution in [3.63, 3.8) is 0 Å². The summed E-state index contributed by atoms with van der Waals surface area (Å²) < 4.78 is 10.9. The first kappa shape index (κ1) is 13.6. The van der Waals surface area contributed by atoms with E-state index in [0.717, 1.165) is 38.9 Å². The molecule has 2 fully saturated rings. The van der Waals surface area contributed by atoms with E-state index in [9.17, 15) is 4.79 Å². The summed E-state index contributed by atoms with van der Waals surface area (Å²) in [6, 6.07) is 0.501. The van der Waals surface area contributed by atoms with Crippen molar-refractivity contribution in [1.29, 1.82) is 0 Å². The van der Waals surface area contributed by atoms with Gasteiger partial charge in [0.25, 0.3) is 0 Å². The second kappa shape index (κ2) is 6.95. The molecule has 18 heavy (non-hydrogen) atoms. The summed E-state index contributed by atoms with van der Waals surface area (Å²) in [4.78, 5) is 13.6. The lowest BCUT2D eigenvalue weighted by Crippen LogP contribution is -2.46. The first-order chi connectivity index (χ1) is 8.77. The van der Waals surface area contributed by atoms with Gasteiger partial charge in [-0.3, -0.25) is 0 Å². The number of hydrogen-bond donors (Lipinski definition) is 1. The van der Waals surface area contributed by atoms with Crippen molar-refractivity contribution in [2.24, 2.45) is 0 Å². The quantitative estimate of drug-likeness (QED) is 0.730. The maximum absolute atomic E-state index is 11.8. The number of nitrogens with zero attached hydrogens (tertiary/aromatic N) is 1. The Morgan fingerprint density at radius 2 is 2.28 bits per heavy atom. The molecule has 1 saturated heterocycles. The summed E-state index contributed by atoms with van der Waals surface area (Å²) in [5.41, 5.74) is 0. The maximum Gasteiger partial charge on any atom is 0.317 e. The Morgan fingerprint density at radius 3 is 2.89 bits per heavy atom. The third-order valence-electron chi connectivity index (χ3n) is 3.78. The summed E-state index contributed by atoms with van der Waals surface area (Å²) >= 11 is 0. The second-order valence-electron chi connectivity index (χ2n) is 5.14. The summed E-state index contributed by atoms with van der Waals surface area (Å²) in [6.45, 7) is 2.91. The fourth-order valence-corrected chi connectivity index (χ4v) is 2.23. The van der Waals surface area contributed by atoms with Gasteiger partial charge in [-0.25, -0.2) is 4.79 Å². The van der Waals surface area contributed by atoms with Crippen molar-refractivity contribution in [3.05, 3.63) is 0 Å². The molecule has 1 N–H and O–H groups in total. The first-order valence-electron chi connectivity index (χ1n) is 6.97. The van der Waals surface area contributed by atoms with Gasteiger partial charge in [-0.1, -0.05) is 0 Å². The van der Waals surface area contributed by atoms with Crippen LogP contribution in [0, 0.1) is 0 Å². The number of hydrogen-bond acceptors (Lipinski definition) is 3. The predicted molar refractivity (Wildman–Crippen MR) is 68.6 cm³/mol. The lowest BCUT2D eigenvalue weighted by molar-refractivity contribution is 0.0416. The van der Waals surface area contributed by atoms with Crippen molar-refractivity contribution in [1.82, 2.24) is 10.2 Å². The number of rotatable bonds is 6. The van der Waals surface area contributed by atoms with Crippen LogP contribution in [-0.4, -0.2) is 56.5 Å². The average molecular weight is 256 g/mol. The van der Waals surface area contributed by atoms with Gasteiger partial charge in [0, 0.05) is 32.8 Å². The highest BCUT2D eigenvalue weighted by Gasteiger charge is 2.25. The number of amides is 2. The summed E-state index contributed by atoms with van der Waals surface area (Å²) in [6.07, 6.45) is 5.67. The van der Waals surface area contributed by atoms with E-state index in [1.807, 2.05) is 11.9 Å². The Morgan fingerprint density at radius 1 is 1.44 bits per heavy atom.